The Bertz CT molecular complexity index is 856. The summed E-state index contributed by atoms with van der Waals surface area (Å²) in [6, 6.07) is 5.69. The molecule has 2 unspecified atom stereocenters. The minimum atomic E-state index is -3.36. The van der Waals surface area contributed by atoms with Gasteiger partial charge < -0.3 is 0 Å². The van der Waals surface area contributed by atoms with Gasteiger partial charge >= 0.3 is 0 Å². The van der Waals surface area contributed by atoms with Crippen LogP contribution in [0.4, 0.5) is 5.69 Å². The molecule has 3 heterocycles. The number of fused-ring (bicyclic) bond motifs is 2. The maximum Gasteiger partial charge on any atom is 0.232 e. The molecule has 1 aromatic rings. The number of guanidine groups is 1. The van der Waals surface area contributed by atoms with Crippen LogP contribution in [0.3, 0.4) is 0 Å². The molecule has 0 aromatic heterocycles. The Labute approximate surface area is 142 Å². The van der Waals surface area contributed by atoms with Gasteiger partial charge in [0.15, 0.2) is 0 Å². The molecule has 1 spiro atoms. The van der Waals surface area contributed by atoms with Gasteiger partial charge in [-0.25, -0.2) is 8.42 Å². The summed E-state index contributed by atoms with van der Waals surface area (Å²) in [7, 11) is -3.36. The fraction of sp³-hybridized carbons (Fsp3) is 0.429. The third-order valence-electron chi connectivity index (χ3n) is 4.98. The SMILES string of the molecule is CS(=O)(=O)N1CCC2C(=O)NC(=N)N3c4ccc(Br)cc4C23C1. The Hall–Kier alpha value is -1.45. The molecule has 2 atom stereocenters. The molecule has 3 aliphatic heterocycles. The number of amides is 1. The van der Waals surface area contributed by atoms with Crippen LogP contribution in [0.5, 0.6) is 0 Å². The molecule has 4 rings (SSSR count). The molecule has 7 nitrogen and oxygen atoms in total. The van der Waals surface area contributed by atoms with Crippen molar-refractivity contribution in [2.24, 2.45) is 5.92 Å². The summed E-state index contributed by atoms with van der Waals surface area (Å²) < 4.78 is 26.3. The van der Waals surface area contributed by atoms with E-state index in [1.54, 1.807) is 4.90 Å². The van der Waals surface area contributed by atoms with Gasteiger partial charge in [-0.3, -0.25) is 20.4 Å². The van der Waals surface area contributed by atoms with E-state index in [2.05, 4.69) is 21.2 Å². The van der Waals surface area contributed by atoms with Crippen LogP contribution in [-0.4, -0.2) is 43.9 Å². The van der Waals surface area contributed by atoms with E-state index in [4.69, 9.17) is 5.41 Å². The quantitative estimate of drug-likeness (QED) is 0.731. The zero-order valence-corrected chi connectivity index (χ0v) is 14.7. The fourth-order valence-corrected chi connectivity index (χ4v) is 5.24. The maximum atomic E-state index is 12.4. The van der Waals surface area contributed by atoms with Gasteiger partial charge in [0, 0.05) is 23.1 Å². The molecule has 9 heteroatoms. The number of benzene rings is 1. The van der Waals surface area contributed by atoms with E-state index >= 15 is 0 Å². The molecule has 0 aliphatic carbocycles. The van der Waals surface area contributed by atoms with E-state index in [0.29, 0.717) is 13.0 Å². The van der Waals surface area contributed by atoms with Gasteiger partial charge in [-0.15, -0.1) is 0 Å². The highest BCUT2D eigenvalue weighted by Crippen LogP contribution is 2.57. The molecule has 1 aromatic carbocycles. The van der Waals surface area contributed by atoms with Gasteiger partial charge in [0.1, 0.15) is 5.54 Å². The predicted molar refractivity (Wildman–Crippen MR) is 88.7 cm³/mol. The molecular weight excluding hydrogens is 384 g/mol. The predicted octanol–water partition coefficient (Wildman–Crippen LogP) is 0.810. The Morgan fingerprint density at radius 2 is 2.17 bits per heavy atom. The van der Waals surface area contributed by atoms with Crippen LogP contribution in [0.1, 0.15) is 12.0 Å². The molecule has 2 N–H and O–H groups in total. The van der Waals surface area contributed by atoms with E-state index < -0.39 is 15.6 Å². The number of sulfonamides is 1. The molecule has 1 amide bonds. The highest BCUT2D eigenvalue weighted by Gasteiger charge is 2.64. The fourth-order valence-electron chi connectivity index (χ4n) is 4.01. The zero-order valence-electron chi connectivity index (χ0n) is 12.3. The van der Waals surface area contributed by atoms with Gasteiger partial charge in [0.05, 0.1) is 17.9 Å². The number of hydrogen-bond donors (Lipinski definition) is 2. The van der Waals surface area contributed by atoms with Crippen molar-refractivity contribution in [1.82, 2.24) is 9.62 Å². The second-order valence-corrected chi connectivity index (χ2v) is 9.09. The van der Waals surface area contributed by atoms with Crippen LogP contribution < -0.4 is 10.2 Å². The average Bonchev–Trinajstić information content (AvgIpc) is 2.46. The summed E-state index contributed by atoms with van der Waals surface area (Å²) in [4.78, 5) is 14.2. The minimum absolute atomic E-state index is 0.0106. The molecule has 0 radical (unpaired) electrons. The number of nitrogens with one attached hydrogen (secondary N) is 2. The van der Waals surface area contributed by atoms with Crippen molar-refractivity contribution in [3.05, 3.63) is 28.2 Å². The third kappa shape index (κ3) is 1.87. The zero-order chi connectivity index (χ0) is 16.6. The first-order valence-electron chi connectivity index (χ1n) is 7.20. The molecule has 0 bridgehead atoms. The van der Waals surface area contributed by atoms with Crippen molar-refractivity contribution in [3.63, 3.8) is 0 Å². The lowest BCUT2D eigenvalue weighted by Gasteiger charge is -2.62. The topological polar surface area (TPSA) is 93.6 Å². The van der Waals surface area contributed by atoms with Gasteiger partial charge in [-0.05, 0) is 24.6 Å². The third-order valence-corrected chi connectivity index (χ3v) is 6.72. The van der Waals surface area contributed by atoms with Crippen LogP contribution in [0.15, 0.2) is 22.7 Å². The summed E-state index contributed by atoms with van der Waals surface area (Å²) >= 11 is 3.44. The number of nitrogens with zero attached hydrogens (tertiary/aromatic N) is 2. The largest absolute Gasteiger partial charge is 0.300 e. The first-order chi connectivity index (χ1) is 10.7. The van der Waals surface area contributed by atoms with Crippen molar-refractivity contribution in [3.8, 4) is 0 Å². The van der Waals surface area contributed by atoms with Gasteiger partial charge in [0.25, 0.3) is 0 Å². The Morgan fingerprint density at radius 1 is 1.43 bits per heavy atom. The van der Waals surface area contributed by atoms with Gasteiger partial charge in [0.2, 0.25) is 21.9 Å². The highest BCUT2D eigenvalue weighted by molar-refractivity contribution is 9.10. The molecule has 2 fully saturated rings. The Balaban J connectivity index is 1.91. The Kier molecular flexibility index (Phi) is 2.99. The standard InChI is InChI=1S/C14H15BrN4O3S/c1-23(21,22)18-5-4-9-12(20)17-13(16)19-11-3-2-8(15)6-10(11)14(9,19)7-18/h2-3,6,9H,4-5,7H2,1H3,(H2,16,17,20). The van der Waals surface area contributed by atoms with E-state index in [9.17, 15) is 13.2 Å². The number of halogens is 1. The second kappa shape index (κ2) is 4.55. The van der Waals surface area contributed by atoms with Crippen molar-refractivity contribution < 1.29 is 13.2 Å². The number of anilines is 1. The van der Waals surface area contributed by atoms with Crippen LogP contribution in [0.2, 0.25) is 0 Å². The van der Waals surface area contributed by atoms with Crippen LogP contribution >= 0.6 is 15.9 Å². The van der Waals surface area contributed by atoms with Crippen molar-refractivity contribution in [2.45, 2.75) is 12.0 Å². The van der Waals surface area contributed by atoms with E-state index in [1.807, 2.05) is 18.2 Å². The van der Waals surface area contributed by atoms with E-state index in [1.165, 1.54) is 10.6 Å². The van der Waals surface area contributed by atoms with Gasteiger partial charge in [-0.2, -0.15) is 4.31 Å². The summed E-state index contributed by atoms with van der Waals surface area (Å²) in [6.45, 7) is 0.513. The van der Waals surface area contributed by atoms with E-state index in [0.717, 1.165) is 15.7 Å². The van der Waals surface area contributed by atoms with Crippen LogP contribution in [-0.2, 0) is 20.4 Å². The molecule has 122 valence electrons. The average molecular weight is 399 g/mol. The van der Waals surface area contributed by atoms with Crippen molar-refractivity contribution >= 4 is 43.5 Å². The molecule has 0 saturated carbocycles. The number of carbonyl (C=O) groups excluding carboxylic acids is 1. The molecule has 23 heavy (non-hydrogen) atoms. The first-order valence-corrected chi connectivity index (χ1v) is 9.84. The van der Waals surface area contributed by atoms with Crippen LogP contribution in [0.25, 0.3) is 0 Å². The molecular formula is C14H15BrN4O3S. The number of rotatable bonds is 1. The smallest absolute Gasteiger partial charge is 0.232 e. The summed E-state index contributed by atoms with van der Waals surface area (Å²) in [6.07, 6.45) is 1.62. The summed E-state index contributed by atoms with van der Waals surface area (Å²) in [5.41, 5.74) is 0.989. The first kappa shape index (κ1) is 15.1. The van der Waals surface area contributed by atoms with Gasteiger partial charge in [-0.1, -0.05) is 15.9 Å². The molecule has 3 aliphatic rings. The van der Waals surface area contributed by atoms with E-state index in [-0.39, 0.29) is 24.3 Å². The number of carbonyl (C=O) groups is 1. The summed E-state index contributed by atoms with van der Waals surface area (Å²) in [5.74, 6) is -0.558. The normalized spacial score (nSPS) is 30.0. The number of hydrogen-bond acceptors (Lipinski definition) is 4. The lowest BCUT2D eigenvalue weighted by molar-refractivity contribution is -0.129. The monoisotopic (exact) mass is 398 g/mol. The van der Waals surface area contributed by atoms with Crippen molar-refractivity contribution in [2.75, 3.05) is 24.2 Å². The van der Waals surface area contributed by atoms with Crippen molar-refractivity contribution in [1.29, 1.82) is 5.41 Å². The molecule has 2 saturated heterocycles. The number of piperidine rings is 1. The lowest BCUT2D eigenvalue weighted by Crippen LogP contribution is -2.76. The highest BCUT2D eigenvalue weighted by atomic mass is 79.9. The lowest BCUT2D eigenvalue weighted by atomic mass is 9.65. The second-order valence-electron chi connectivity index (χ2n) is 6.20. The summed E-state index contributed by atoms with van der Waals surface area (Å²) in [5, 5.41) is 10.7. The van der Waals surface area contributed by atoms with Crippen LogP contribution in [0, 0.1) is 11.3 Å². The Morgan fingerprint density at radius 3 is 2.87 bits per heavy atom. The minimum Gasteiger partial charge on any atom is -0.300 e. The maximum absolute atomic E-state index is 12.4.